The summed E-state index contributed by atoms with van der Waals surface area (Å²) >= 11 is 7.64. The van der Waals surface area contributed by atoms with Crippen LogP contribution in [0.5, 0.6) is 0 Å². The number of rotatable bonds is 7. The van der Waals surface area contributed by atoms with Gasteiger partial charge in [-0.3, -0.25) is 15.2 Å². The summed E-state index contributed by atoms with van der Waals surface area (Å²) in [5, 5.41) is 16.5. The van der Waals surface area contributed by atoms with E-state index in [1.807, 2.05) is 12.1 Å². The molecular formula is C20H17ClN6OS. The average molecular weight is 425 g/mol. The number of aldehydes is 1. The van der Waals surface area contributed by atoms with E-state index in [1.54, 1.807) is 37.4 Å². The molecule has 0 radical (unpaired) electrons. The van der Waals surface area contributed by atoms with Gasteiger partial charge in [-0.15, -0.1) is 11.3 Å². The Balaban J connectivity index is 2.25. The van der Waals surface area contributed by atoms with Crippen LogP contribution in [-0.4, -0.2) is 34.1 Å². The number of benzene rings is 1. The van der Waals surface area contributed by atoms with E-state index in [4.69, 9.17) is 33.1 Å². The molecule has 0 aliphatic heterocycles. The fourth-order valence-corrected chi connectivity index (χ4v) is 4.20. The number of nitrogens with zero attached hydrogens (tertiary/aromatic N) is 3. The van der Waals surface area contributed by atoms with Gasteiger partial charge < -0.3 is 11.1 Å². The van der Waals surface area contributed by atoms with Crippen molar-refractivity contribution in [1.29, 1.82) is 10.8 Å². The number of aromatic nitrogens is 2. The van der Waals surface area contributed by atoms with Gasteiger partial charge in [0, 0.05) is 23.0 Å². The Morgan fingerprint density at radius 1 is 1.34 bits per heavy atom. The molecule has 3 aromatic rings. The van der Waals surface area contributed by atoms with Crippen LogP contribution in [0.3, 0.4) is 0 Å². The summed E-state index contributed by atoms with van der Waals surface area (Å²) in [5.41, 5.74) is 8.55. The highest BCUT2D eigenvalue weighted by atomic mass is 35.5. The van der Waals surface area contributed by atoms with Crippen LogP contribution in [-0.2, 0) is 0 Å². The third kappa shape index (κ3) is 4.28. The minimum Gasteiger partial charge on any atom is -0.382 e. The van der Waals surface area contributed by atoms with Crippen LogP contribution >= 0.6 is 22.9 Å². The highest BCUT2D eigenvalue weighted by Gasteiger charge is 2.26. The number of amidine groups is 1. The second-order valence-corrected chi connectivity index (χ2v) is 7.54. The molecule has 0 fully saturated rings. The maximum atomic E-state index is 11.2. The Bertz CT molecular complexity index is 1110. The minimum atomic E-state index is -0.463. The van der Waals surface area contributed by atoms with E-state index in [9.17, 15) is 4.79 Å². The molecule has 29 heavy (non-hydrogen) atoms. The summed E-state index contributed by atoms with van der Waals surface area (Å²) in [6.07, 6.45) is 3.23. The van der Waals surface area contributed by atoms with Crippen molar-refractivity contribution in [3.05, 3.63) is 68.8 Å². The number of nitrogens with two attached hydrogens (primary N) is 1. The van der Waals surface area contributed by atoms with E-state index < -0.39 is 5.92 Å². The normalized spacial score (nSPS) is 12.4. The van der Waals surface area contributed by atoms with Crippen LogP contribution in [0.25, 0.3) is 11.3 Å². The summed E-state index contributed by atoms with van der Waals surface area (Å²) < 4.78 is 0. The quantitative estimate of drug-likeness (QED) is 0.298. The van der Waals surface area contributed by atoms with Gasteiger partial charge in [-0.1, -0.05) is 23.7 Å². The number of pyridine rings is 1. The predicted octanol–water partition coefficient (Wildman–Crippen LogP) is 4.15. The molecule has 2 aromatic heterocycles. The van der Waals surface area contributed by atoms with Crippen LogP contribution in [0.15, 0.2) is 47.6 Å². The third-order valence-corrected chi connectivity index (χ3v) is 5.60. The Kier molecular flexibility index (Phi) is 6.26. The maximum Gasteiger partial charge on any atom is 0.150 e. The number of hydrogen-bond acceptors (Lipinski definition) is 6. The van der Waals surface area contributed by atoms with Crippen molar-refractivity contribution < 1.29 is 4.79 Å². The number of nitrogens with one attached hydrogen (secondary N) is 2. The first-order valence-electron chi connectivity index (χ1n) is 8.50. The van der Waals surface area contributed by atoms with E-state index in [1.165, 1.54) is 11.3 Å². The summed E-state index contributed by atoms with van der Waals surface area (Å²) in [6, 6.07) is 10.3. The molecular weight excluding hydrogens is 408 g/mol. The molecule has 1 atom stereocenters. The lowest BCUT2D eigenvalue weighted by Gasteiger charge is -2.12. The van der Waals surface area contributed by atoms with Crippen molar-refractivity contribution in [2.45, 2.75) is 12.8 Å². The van der Waals surface area contributed by atoms with Crippen LogP contribution in [0.1, 0.15) is 38.8 Å². The van der Waals surface area contributed by atoms with Gasteiger partial charge in [-0.2, -0.15) is 0 Å². The van der Waals surface area contributed by atoms with Gasteiger partial charge in [0.1, 0.15) is 23.5 Å². The molecule has 1 unspecified atom stereocenters. The van der Waals surface area contributed by atoms with Crippen molar-refractivity contribution in [1.82, 2.24) is 9.97 Å². The van der Waals surface area contributed by atoms with Crippen LogP contribution in [0, 0.1) is 10.8 Å². The molecule has 0 bridgehead atoms. The zero-order valence-electron chi connectivity index (χ0n) is 15.4. The molecule has 3 rings (SSSR count). The standard InChI is InChI=1S/C20H17ClN6OS/c1-11(23)16(15-4-2-3-7-25-15)20-27-17(18(29-20)19(24)26-10-22)13-8-12(9-28)5-6-14(13)21/h2-10,16,23H,1H3,(H3,22,24,26). The van der Waals surface area contributed by atoms with Gasteiger partial charge in [-0.25, -0.2) is 9.98 Å². The molecule has 0 spiro atoms. The largest absolute Gasteiger partial charge is 0.382 e. The van der Waals surface area contributed by atoms with E-state index >= 15 is 0 Å². The molecule has 9 heteroatoms. The van der Waals surface area contributed by atoms with Crippen LogP contribution in [0.2, 0.25) is 5.02 Å². The molecule has 0 aliphatic carbocycles. The molecule has 146 valence electrons. The first-order chi connectivity index (χ1) is 14.0. The van der Waals surface area contributed by atoms with Crippen molar-refractivity contribution in [2.75, 3.05) is 0 Å². The van der Waals surface area contributed by atoms with E-state index in [2.05, 4.69) is 9.98 Å². The number of halogens is 1. The summed E-state index contributed by atoms with van der Waals surface area (Å²) in [6.45, 7) is 1.69. The zero-order chi connectivity index (χ0) is 21.0. The first kappa shape index (κ1) is 20.5. The van der Waals surface area contributed by atoms with E-state index in [0.29, 0.717) is 43.1 Å². The number of thiazole rings is 1. The Hall–Kier alpha value is -3.23. The number of carbonyl (C=O) groups is 1. The first-order valence-corrected chi connectivity index (χ1v) is 9.70. The molecule has 0 saturated carbocycles. The number of carbonyl (C=O) groups excluding carboxylic acids is 1. The maximum absolute atomic E-state index is 11.2. The zero-order valence-corrected chi connectivity index (χ0v) is 17.0. The average Bonchev–Trinajstić information content (AvgIpc) is 3.14. The lowest BCUT2D eigenvalue weighted by atomic mass is 10.0. The Morgan fingerprint density at radius 3 is 2.76 bits per heavy atom. The summed E-state index contributed by atoms with van der Waals surface area (Å²) in [5.74, 6) is -0.358. The molecule has 1 aromatic carbocycles. The second kappa shape index (κ2) is 8.85. The van der Waals surface area contributed by atoms with Gasteiger partial charge in [0.15, 0.2) is 0 Å². The monoisotopic (exact) mass is 424 g/mol. The van der Waals surface area contributed by atoms with Gasteiger partial charge in [0.05, 0.1) is 27.2 Å². The SMILES string of the molecule is CC(=N)C(c1ccccn1)c1nc(-c2cc(C=O)ccc2Cl)c(C(N)=NC=N)s1. The molecule has 7 nitrogen and oxygen atoms in total. The smallest absolute Gasteiger partial charge is 0.150 e. The fourth-order valence-electron chi connectivity index (χ4n) is 2.82. The lowest BCUT2D eigenvalue weighted by molar-refractivity contribution is 0.112. The van der Waals surface area contributed by atoms with Gasteiger partial charge in [0.25, 0.3) is 0 Å². The second-order valence-electron chi connectivity index (χ2n) is 6.10. The summed E-state index contributed by atoms with van der Waals surface area (Å²) in [4.78, 5) is 24.7. The van der Waals surface area contributed by atoms with Gasteiger partial charge in [0.2, 0.25) is 0 Å². The van der Waals surface area contributed by atoms with Crippen LogP contribution in [0.4, 0.5) is 0 Å². The van der Waals surface area contributed by atoms with E-state index in [0.717, 1.165) is 12.6 Å². The predicted molar refractivity (Wildman–Crippen MR) is 117 cm³/mol. The van der Waals surface area contributed by atoms with Crippen LogP contribution < -0.4 is 5.73 Å². The molecule has 4 N–H and O–H groups in total. The lowest BCUT2D eigenvalue weighted by Crippen LogP contribution is -2.13. The fraction of sp³-hybridized carbons (Fsp3) is 0.100. The van der Waals surface area contributed by atoms with Crippen molar-refractivity contribution >= 4 is 47.1 Å². The molecule has 0 amide bonds. The highest BCUT2D eigenvalue weighted by molar-refractivity contribution is 7.14. The van der Waals surface area contributed by atoms with Gasteiger partial charge in [-0.05, 0) is 31.2 Å². The third-order valence-electron chi connectivity index (χ3n) is 4.13. The molecule has 0 saturated heterocycles. The van der Waals surface area contributed by atoms with E-state index in [-0.39, 0.29) is 5.84 Å². The summed E-state index contributed by atoms with van der Waals surface area (Å²) in [7, 11) is 0. The minimum absolute atomic E-state index is 0.105. The van der Waals surface area contributed by atoms with Crippen molar-refractivity contribution in [3.63, 3.8) is 0 Å². The number of aliphatic imine (C=N–C) groups is 1. The highest BCUT2D eigenvalue weighted by Crippen LogP contribution is 2.37. The Morgan fingerprint density at radius 2 is 2.14 bits per heavy atom. The number of hydrogen-bond donors (Lipinski definition) is 3. The topological polar surface area (TPSA) is 129 Å². The van der Waals surface area contributed by atoms with Crippen molar-refractivity contribution in [3.8, 4) is 11.3 Å². The Labute approximate surface area is 176 Å². The van der Waals surface area contributed by atoms with Crippen molar-refractivity contribution in [2.24, 2.45) is 10.7 Å². The molecule has 2 heterocycles. The van der Waals surface area contributed by atoms with Gasteiger partial charge >= 0.3 is 0 Å². The molecule has 0 aliphatic rings.